The number of ether oxygens (including phenoxy) is 5. The first kappa shape index (κ1) is 26.6. The van der Waals surface area contributed by atoms with Crippen LogP contribution >= 0.6 is 0 Å². The summed E-state index contributed by atoms with van der Waals surface area (Å²) in [5.41, 5.74) is 1.35. The van der Waals surface area contributed by atoms with Crippen LogP contribution in [-0.2, 0) is 14.3 Å². The lowest BCUT2D eigenvalue weighted by Crippen LogP contribution is -2.24. The molecule has 0 amide bonds. The minimum Gasteiger partial charge on any atom is -0.507 e. The van der Waals surface area contributed by atoms with Crippen molar-refractivity contribution in [3.05, 3.63) is 46.5 Å². The van der Waals surface area contributed by atoms with Crippen LogP contribution in [0.1, 0.15) is 84.8 Å². The number of carbonyl (C=O) groups is 3. The number of esters is 2. The quantitative estimate of drug-likeness (QED) is 0.413. The Morgan fingerprint density at radius 2 is 1.79 bits per heavy atom. The van der Waals surface area contributed by atoms with Crippen LogP contribution in [0.25, 0.3) is 6.08 Å². The molecule has 0 bridgehead atoms. The summed E-state index contributed by atoms with van der Waals surface area (Å²) in [7, 11) is 1.51. The molecule has 0 saturated carbocycles. The van der Waals surface area contributed by atoms with Gasteiger partial charge in [0.15, 0.2) is 11.5 Å². The SMILES string of the molecule is COc1cc(C2CC(=O)Oc3cc4c(c(O)c32)C(=O)O[C@@H](C)CCCC(=O)CCC/C=C/4)cc2c1OCCO2. The van der Waals surface area contributed by atoms with Crippen LogP contribution in [0.2, 0.25) is 0 Å². The molecule has 0 spiro atoms. The number of fused-ring (bicyclic) bond motifs is 3. The molecule has 9 heteroatoms. The number of benzene rings is 2. The maximum Gasteiger partial charge on any atom is 0.342 e. The minimum atomic E-state index is -0.679. The normalized spacial score (nSPS) is 22.5. The number of allylic oxidation sites excluding steroid dienone is 1. The highest BCUT2D eigenvalue weighted by molar-refractivity contribution is 5.98. The molecule has 3 aliphatic rings. The fourth-order valence-electron chi connectivity index (χ4n) is 5.30. The molecule has 2 atom stereocenters. The Morgan fingerprint density at radius 1 is 1.00 bits per heavy atom. The summed E-state index contributed by atoms with van der Waals surface area (Å²) in [6.07, 6.45) is 6.43. The largest absolute Gasteiger partial charge is 0.507 e. The van der Waals surface area contributed by atoms with Gasteiger partial charge in [-0.05, 0) is 61.9 Å². The number of aromatic hydroxyl groups is 1. The van der Waals surface area contributed by atoms with Crippen molar-refractivity contribution in [2.45, 2.75) is 63.9 Å². The predicted molar refractivity (Wildman–Crippen MR) is 141 cm³/mol. The zero-order chi connectivity index (χ0) is 27.5. The van der Waals surface area contributed by atoms with Crippen molar-refractivity contribution in [3.63, 3.8) is 0 Å². The highest BCUT2D eigenvalue weighted by atomic mass is 16.6. The van der Waals surface area contributed by atoms with Gasteiger partial charge in [-0.3, -0.25) is 9.59 Å². The van der Waals surface area contributed by atoms with Crippen LogP contribution in [-0.4, -0.2) is 49.3 Å². The van der Waals surface area contributed by atoms with Crippen LogP contribution in [0, 0.1) is 0 Å². The standard InChI is InChI=1S/C30H32O9/c1-17-7-6-10-20(31)9-5-3-4-8-18-13-22-27(28(33)26(18)30(34)38-17)21(16-25(32)39-22)19-14-23(35-2)29-24(15-19)36-11-12-37-29/h4,8,13-15,17,21,33H,3,5-7,9-12,16H2,1-2H3/b8-4+/t17-,21?/m0/s1. The average molecular weight is 537 g/mol. The summed E-state index contributed by atoms with van der Waals surface area (Å²) < 4.78 is 28.3. The maximum atomic E-state index is 13.4. The molecule has 1 unspecified atom stereocenters. The average Bonchev–Trinajstić information content (AvgIpc) is 2.91. The number of carbonyl (C=O) groups excluding carboxylic acids is 3. The Morgan fingerprint density at radius 3 is 2.62 bits per heavy atom. The monoisotopic (exact) mass is 536 g/mol. The number of cyclic esters (lactones) is 1. The Kier molecular flexibility index (Phi) is 7.77. The van der Waals surface area contributed by atoms with E-state index >= 15 is 0 Å². The highest BCUT2D eigenvalue weighted by Crippen LogP contribution is 2.50. The van der Waals surface area contributed by atoms with Gasteiger partial charge in [0, 0.05) is 24.3 Å². The summed E-state index contributed by atoms with van der Waals surface area (Å²) >= 11 is 0. The molecular weight excluding hydrogens is 504 g/mol. The molecule has 3 aliphatic heterocycles. The second-order valence-electron chi connectivity index (χ2n) is 10.0. The van der Waals surface area contributed by atoms with Gasteiger partial charge in [0.1, 0.15) is 36.1 Å². The molecule has 206 valence electrons. The fraction of sp³-hybridized carbons (Fsp3) is 0.433. The summed E-state index contributed by atoms with van der Waals surface area (Å²) in [6, 6.07) is 5.09. The molecule has 9 nitrogen and oxygen atoms in total. The zero-order valence-electron chi connectivity index (χ0n) is 22.1. The van der Waals surface area contributed by atoms with Crippen molar-refractivity contribution in [2.24, 2.45) is 0 Å². The van der Waals surface area contributed by atoms with E-state index in [1.54, 1.807) is 31.2 Å². The third-order valence-corrected chi connectivity index (χ3v) is 7.23. The van der Waals surface area contributed by atoms with Gasteiger partial charge in [-0.25, -0.2) is 4.79 Å². The molecule has 0 fully saturated rings. The zero-order valence-corrected chi connectivity index (χ0v) is 22.1. The Bertz CT molecular complexity index is 1310. The smallest absolute Gasteiger partial charge is 0.342 e. The number of phenols is 1. The number of hydrogen-bond donors (Lipinski definition) is 1. The number of ketones is 1. The van der Waals surface area contributed by atoms with Crippen LogP contribution in [0.4, 0.5) is 0 Å². The number of rotatable bonds is 2. The lowest BCUT2D eigenvalue weighted by Gasteiger charge is -2.29. The van der Waals surface area contributed by atoms with Crippen molar-refractivity contribution in [1.29, 1.82) is 0 Å². The van der Waals surface area contributed by atoms with Gasteiger partial charge >= 0.3 is 11.9 Å². The fourth-order valence-corrected chi connectivity index (χ4v) is 5.30. The molecular formula is C30H32O9. The Labute approximate surface area is 226 Å². The van der Waals surface area contributed by atoms with Gasteiger partial charge < -0.3 is 28.8 Å². The van der Waals surface area contributed by atoms with Crippen LogP contribution in [0.15, 0.2) is 24.3 Å². The minimum absolute atomic E-state index is 0.0115. The summed E-state index contributed by atoms with van der Waals surface area (Å²) in [5, 5.41) is 11.6. The molecule has 0 aliphatic carbocycles. The van der Waals surface area contributed by atoms with Gasteiger partial charge in [0.25, 0.3) is 0 Å². The van der Waals surface area contributed by atoms with E-state index in [0.29, 0.717) is 85.7 Å². The van der Waals surface area contributed by atoms with Gasteiger partial charge in [-0.1, -0.05) is 12.2 Å². The predicted octanol–water partition coefficient (Wildman–Crippen LogP) is 5.09. The van der Waals surface area contributed by atoms with E-state index in [9.17, 15) is 19.5 Å². The van der Waals surface area contributed by atoms with E-state index < -0.39 is 24.0 Å². The van der Waals surface area contributed by atoms with E-state index in [0.717, 1.165) is 0 Å². The van der Waals surface area contributed by atoms with E-state index in [4.69, 9.17) is 23.7 Å². The van der Waals surface area contributed by atoms with E-state index in [-0.39, 0.29) is 29.3 Å². The van der Waals surface area contributed by atoms with Gasteiger partial charge in [-0.2, -0.15) is 0 Å². The number of methoxy groups -OCH3 is 1. The lowest BCUT2D eigenvalue weighted by molar-refractivity contribution is -0.135. The first-order valence-electron chi connectivity index (χ1n) is 13.3. The molecule has 0 aromatic heterocycles. The second-order valence-corrected chi connectivity index (χ2v) is 10.0. The van der Waals surface area contributed by atoms with Gasteiger partial charge in [-0.15, -0.1) is 0 Å². The highest BCUT2D eigenvalue weighted by Gasteiger charge is 2.36. The third-order valence-electron chi connectivity index (χ3n) is 7.23. The van der Waals surface area contributed by atoms with Crippen LogP contribution in [0.3, 0.4) is 0 Å². The first-order chi connectivity index (χ1) is 18.9. The molecule has 5 rings (SSSR count). The van der Waals surface area contributed by atoms with Crippen LogP contribution in [0.5, 0.6) is 28.7 Å². The molecule has 0 saturated heterocycles. The molecule has 0 radical (unpaired) electrons. The molecule has 3 heterocycles. The lowest BCUT2D eigenvalue weighted by atomic mass is 9.83. The summed E-state index contributed by atoms with van der Waals surface area (Å²) in [6.45, 7) is 2.52. The van der Waals surface area contributed by atoms with E-state index in [2.05, 4.69) is 0 Å². The van der Waals surface area contributed by atoms with Crippen molar-refractivity contribution >= 4 is 23.8 Å². The van der Waals surface area contributed by atoms with Crippen molar-refractivity contribution in [1.82, 2.24) is 0 Å². The van der Waals surface area contributed by atoms with Crippen LogP contribution < -0.4 is 18.9 Å². The number of hydrogen-bond acceptors (Lipinski definition) is 9. The summed E-state index contributed by atoms with van der Waals surface area (Å²) in [5.74, 6) is -0.324. The van der Waals surface area contributed by atoms with E-state index in [1.807, 2.05) is 6.08 Å². The van der Waals surface area contributed by atoms with Crippen molar-refractivity contribution in [3.8, 4) is 28.7 Å². The molecule has 2 aromatic carbocycles. The van der Waals surface area contributed by atoms with Crippen molar-refractivity contribution in [2.75, 3.05) is 20.3 Å². The molecule has 2 aromatic rings. The molecule has 39 heavy (non-hydrogen) atoms. The number of phenolic OH excluding ortho intramolecular Hbond substituents is 1. The third kappa shape index (κ3) is 5.57. The van der Waals surface area contributed by atoms with Gasteiger partial charge in [0.2, 0.25) is 5.75 Å². The van der Waals surface area contributed by atoms with Crippen molar-refractivity contribution < 1.29 is 43.2 Å². The molecule has 1 N–H and O–H groups in total. The van der Waals surface area contributed by atoms with E-state index in [1.165, 1.54) is 7.11 Å². The maximum absolute atomic E-state index is 13.4. The Balaban J connectivity index is 1.61. The summed E-state index contributed by atoms with van der Waals surface area (Å²) in [4.78, 5) is 38.2. The topological polar surface area (TPSA) is 118 Å². The Hall–Kier alpha value is -4.01. The number of Topliss-reactive ketones (excluding diaryl/α,β-unsaturated/α-hetero) is 1. The van der Waals surface area contributed by atoms with Gasteiger partial charge in [0.05, 0.1) is 19.6 Å². The second kappa shape index (κ2) is 11.4. The first-order valence-corrected chi connectivity index (χ1v) is 13.3.